The molecule has 0 bridgehead atoms. The Hall–Kier alpha value is -0.830. The minimum Gasteiger partial charge on any atom is -0.354 e. The van der Waals surface area contributed by atoms with Crippen LogP contribution in [0.5, 0.6) is 0 Å². The number of hydrogen-bond acceptors (Lipinski definition) is 3. The number of rotatable bonds is 6. The molecule has 0 saturated heterocycles. The Kier molecular flexibility index (Phi) is 9.04. The van der Waals surface area contributed by atoms with Gasteiger partial charge in [-0.2, -0.15) is 0 Å². The van der Waals surface area contributed by atoms with Crippen LogP contribution in [0.15, 0.2) is 40.2 Å². The molecule has 1 aliphatic carbocycles. The third-order valence-electron chi connectivity index (χ3n) is 4.28. The maximum absolute atomic E-state index is 12.5. The van der Waals surface area contributed by atoms with Crippen LogP contribution in [0.1, 0.15) is 39.0 Å². The lowest BCUT2D eigenvalue weighted by atomic mass is 10.2. The van der Waals surface area contributed by atoms with E-state index in [-0.39, 0.29) is 35.8 Å². The predicted octanol–water partition coefficient (Wildman–Crippen LogP) is 2.96. The van der Waals surface area contributed by atoms with E-state index >= 15 is 0 Å². The van der Waals surface area contributed by atoms with Gasteiger partial charge >= 0.3 is 0 Å². The number of sulfone groups is 1. The van der Waals surface area contributed by atoms with Gasteiger partial charge in [0.05, 0.1) is 10.6 Å². The summed E-state index contributed by atoms with van der Waals surface area (Å²) < 4.78 is 25.0. The highest BCUT2D eigenvalue weighted by atomic mass is 127. The Morgan fingerprint density at radius 2 is 1.88 bits per heavy atom. The van der Waals surface area contributed by atoms with E-state index in [1.54, 1.807) is 31.3 Å². The summed E-state index contributed by atoms with van der Waals surface area (Å²) in [5.74, 6) is 0.769. The average Bonchev–Trinajstić information content (AvgIpc) is 3.07. The molecule has 2 N–H and O–H groups in total. The van der Waals surface area contributed by atoms with Gasteiger partial charge in [-0.05, 0) is 31.4 Å². The second-order valence-corrected chi connectivity index (χ2v) is 8.08. The van der Waals surface area contributed by atoms with Crippen molar-refractivity contribution in [3.8, 4) is 0 Å². The van der Waals surface area contributed by atoms with Gasteiger partial charge in [0.25, 0.3) is 0 Å². The first-order valence-electron chi connectivity index (χ1n) is 8.33. The molecule has 2 rings (SSSR count). The number of halogens is 1. The summed E-state index contributed by atoms with van der Waals surface area (Å²) >= 11 is 0. The fourth-order valence-corrected chi connectivity index (χ4v) is 4.49. The normalized spacial score (nSPS) is 17.2. The van der Waals surface area contributed by atoms with Gasteiger partial charge in [0.2, 0.25) is 0 Å². The number of nitrogens with one attached hydrogen (secondary N) is 2. The molecule has 1 atom stereocenters. The van der Waals surface area contributed by atoms with Crippen molar-refractivity contribution < 1.29 is 8.42 Å². The van der Waals surface area contributed by atoms with Crippen molar-refractivity contribution in [2.75, 3.05) is 12.8 Å². The molecule has 24 heavy (non-hydrogen) atoms. The molecular formula is C17H28IN3O2S. The molecule has 1 aromatic rings. The zero-order valence-corrected chi connectivity index (χ0v) is 17.5. The highest BCUT2D eigenvalue weighted by molar-refractivity contribution is 14.0. The topological polar surface area (TPSA) is 70.6 Å². The van der Waals surface area contributed by atoms with Gasteiger partial charge in [-0.25, -0.2) is 8.42 Å². The van der Waals surface area contributed by atoms with Crippen LogP contribution in [0.3, 0.4) is 0 Å². The lowest BCUT2D eigenvalue weighted by molar-refractivity contribution is 0.558. The van der Waals surface area contributed by atoms with Crippen LogP contribution in [0, 0.1) is 0 Å². The van der Waals surface area contributed by atoms with Gasteiger partial charge in [-0.3, -0.25) is 4.99 Å². The summed E-state index contributed by atoms with van der Waals surface area (Å²) in [6, 6.07) is 8.91. The van der Waals surface area contributed by atoms with Gasteiger partial charge in [-0.15, -0.1) is 24.0 Å². The molecule has 0 amide bonds. The number of nitrogens with zero attached hydrogens (tertiary/aromatic N) is 1. The standard InChI is InChI=1S/C17H27N3O2S.HI/c1-3-14(13-23(21,22)16-11-5-4-6-12-16)19-17(18-2)20-15-9-7-8-10-15;/h4-6,11-12,14-15H,3,7-10,13H2,1-2H3,(H2,18,19,20);1H. The van der Waals surface area contributed by atoms with Crippen LogP contribution in [0.25, 0.3) is 0 Å². The molecule has 1 saturated carbocycles. The van der Waals surface area contributed by atoms with Gasteiger partial charge in [0, 0.05) is 19.1 Å². The van der Waals surface area contributed by atoms with Crippen molar-refractivity contribution in [2.24, 2.45) is 4.99 Å². The molecule has 0 aromatic heterocycles. The highest BCUT2D eigenvalue weighted by Crippen LogP contribution is 2.17. The van der Waals surface area contributed by atoms with Crippen LogP contribution in [-0.2, 0) is 9.84 Å². The fraction of sp³-hybridized carbons (Fsp3) is 0.588. The summed E-state index contributed by atoms with van der Waals surface area (Å²) in [5.41, 5.74) is 0. The van der Waals surface area contributed by atoms with Crippen LogP contribution >= 0.6 is 24.0 Å². The first-order chi connectivity index (χ1) is 11.0. The van der Waals surface area contributed by atoms with Crippen molar-refractivity contribution >= 4 is 39.8 Å². The Morgan fingerprint density at radius 3 is 2.42 bits per heavy atom. The summed E-state index contributed by atoms with van der Waals surface area (Å²) in [6.07, 6.45) is 5.51. The predicted molar refractivity (Wildman–Crippen MR) is 110 cm³/mol. The monoisotopic (exact) mass is 465 g/mol. The average molecular weight is 465 g/mol. The van der Waals surface area contributed by atoms with E-state index in [0.717, 1.165) is 19.3 Å². The molecule has 1 aliphatic rings. The third kappa shape index (κ3) is 6.23. The van der Waals surface area contributed by atoms with Gasteiger partial charge < -0.3 is 10.6 Å². The minimum atomic E-state index is -3.30. The number of benzene rings is 1. The molecule has 1 aromatic carbocycles. The van der Waals surface area contributed by atoms with E-state index in [9.17, 15) is 8.42 Å². The van der Waals surface area contributed by atoms with E-state index in [0.29, 0.717) is 16.9 Å². The number of aliphatic imine (C=N–C) groups is 1. The van der Waals surface area contributed by atoms with Crippen LogP contribution in [-0.4, -0.2) is 39.3 Å². The second kappa shape index (κ2) is 10.2. The molecule has 1 fully saturated rings. The van der Waals surface area contributed by atoms with E-state index in [2.05, 4.69) is 15.6 Å². The molecular weight excluding hydrogens is 437 g/mol. The number of guanidine groups is 1. The van der Waals surface area contributed by atoms with Gasteiger partial charge in [0.15, 0.2) is 15.8 Å². The molecule has 5 nitrogen and oxygen atoms in total. The Labute approximate surface area is 162 Å². The lowest BCUT2D eigenvalue weighted by Gasteiger charge is -2.22. The van der Waals surface area contributed by atoms with Crippen molar-refractivity contribution in [1.82, 2.24) is 10.6 Å². The molecule has 0 radical (unpaired) electrons. The summed E-state index contributed by atoms with van der Waals surface area (Å²) in [7, 11) is -1.57. The maximum Gasteiger partial charge on any atom is 0.191 e. The van der Waals surface area contributed by atoms with Crippen molar-refractivity contribution in [2.45, 2.75) is 56.0 Å². The summed E-state index contributed by atoms with van der Waals surface area (Å²) in [6.45, 7) is 1.99. The minimum absolute atomic E-state index is 0. The van der Waals surface area contributed by atoms with Crippen molar-refractivity contribution in [3.63, 3.8) is 0 Å². The summed E-state index contributed by atoms with van der Waals surface area (Å²) in [4.78, 5) is 4.62. The molecule has 136 valence electrons. The van der Waals surface area contributed by atoms with E-state index < -0.39 is 9.84 Å². The SMILES string of the molecule is CCC(CS(=O)(=O)c1ccccc1)NC(=NC)NC1CCCC1.I. The zero-order valence-electron chi connectivity index (χ0n) is 14.4. The Morgan fingerprint density at radius 1 is 1.25 bits per heavy atom. The van der Waals surface area contributed by atoms with Crippen LogP contribution < -0.4 is 10.6 Å². The van der Waals surface area contributed by atoms with Crippen LogP contribution in [0.2, 0.25) is 0 Å². The van der Waals surface area contributed by atoms with E-state index in [1.807, 2.05) is 13.0 Å². The lowest BCUT2D eigenvalue weighted by Crippen LogP contribution is -2.48. The highest BCUT2D eigenvalue weighted by Gasteiger charge is 2.22. The molecule has 0 aliphatic heterocycles. The first kappa shape index (κ1) is 21.2. The third-order valence-corrected chi connectivity index (χ3v) is 6.11. The Balaban J connectivity index is 0.00000288. The van der Waals surface area contributed by atoms with E-state index in [4.69, 9.17) is 0 Å². The van der Waals surface area contributed by atoms with Gasteiger partial charge in [0.1, 0.15) is 0 Å². The molecule has 0 spiro atoms. The van der Waals surface area contributed by atoms with E-state index in [1.165, 1.54) is 12.8 Å². The summed E-state index contributed by atoms with van der Waals surface area (Å²) in [5, 5.41) is 6.67. The smallest absolute Gasteiger partial charge is 0.191 e. The zero-order chi connectivity index (χ0) is 16.7. The quantitative estimate of drug-likeness (QED) is 0.385. The second-order valence-electron chi connectivity index (χ2n) is 6.04. The Bertz CT molecular complexity index is 614. The van der Waals surface area contributed by atoms with Crippen molar-refractivity contribution in [3.05, 3.63) is 30.3 Å². The van der Waals surface area contributed by atoms with Crippen molar-refractivity contribution in [1.29, 1.82) is 0 Å². The maximum atomic E-state index is 12.5. The molecule has 7 heteroatoms. The largest absolute Gasteiger partial charge is 0.354 e. The van der Waals surface area contributed by atoms with Crippen LogP contribution in [0.4, 0.5) is 0 Å². The first-order valence-corrected chi connectivity index (χ1v) is 9.98. The van der Waals surface area contributed by atoms with Gasteiger partial charge in [-0.1, -0.05) is 38.0 Å². The molecule has 1 unspecified atom stereocenters. The fourth-order valence-electron chi connectivity index (χ4n) is 2.88. The molecule has 0 heterocycles. The number of hydrogen-bond donors (Lipinski definition) is 2.